The number of aliphatic hydroxyl groups is 1. The molecule has 0 heterocycles. The number of carbonyl (C=O) groups is 2. The predicted octanol–water partition coefficient (Wildman–Crippen LogP) is 1.70. The van der Waals surface area contributed by atoms with Gasteiger partial charge in [-0.25, -0.2) is 0 Å². The summed E-state index contributed by atoms with van der Waals surface area (Å²) in [6.45, 7) is 1.73. The molecule has 1 aliphatic rings. The van der Waals surface area contributed by atoms with Gasteiger partial charge in [0.15, 0.2) is 5.78 Å². The second-order valence-corrected chi connectivity index (χ2v) is 2.92. The van der Waals surface area contributed by atoms with Crippen LogP contribution in [-0.2, 0) is 9.59 Å². The molecular weight excluding hydrogens is 168 g/mol. The normalized spacial score (nSPS) is 16.8. The number of ketones is 1. The van der Waals surface area contributed by atoms with Crippen LogP contribution in [0.3, 0.4) is 0 Å². The highest BCUT2D eigenvalue weighted by molar-refractivity contribution is 6.00. The van der Waals surface area contributed by atoms with Crippen molar-refractivity contribution in [3.05, 3.63) is 23.0 Å². The maximum absolute atomic E-state index is 11.3. The Bertz CT molecular complexity index is 297. The van der Waals surface area contributed by atoms with Gasteiger partial charge in [0.2, 0.25) is 0 Å². The zero-order valence-electron chi connectivity index (χ0n) is 7.54. The molecule has 0 amide bonds. The lowest BCUT2D eigenvalue weighted by Crippen LogP contribution is -2.10. The Labute approximate surface area is 76.8 Å². The van der Waals surface area contributed by atoms with Gasteiger partial charge in [0, 0.05) is 12.0 Å². The summed E-state index contributed by atoms with van der Waals surface area (Å²) in [6, 6.07) is 0. The summed E-state index contributed by atoms with van der Waals surface area (Å²) in [7, 11) is 0. The van der Waals surface area contributed by atoms with E-state index in [0.717, 1.165) is 0 Å². The topological polar surface area (TPSA) is 54.4 Å². The van der Waals surface area contributed by atoms with E-state index in [1.807, 2.05) is 0 Å². The second-order valence-electron chi connectivity index (χ2n) is 2.92. The van der Waals surface area contributed by atoms with Crippen molar-refractivity contribution in [2.24, 2.45) is 0 Å². The van der Waals surface area contributed by atoms with Crippen molar-refractivity contribution in [3.63, 3.8) is 0 Å². The molecule has 0 aromatic carbocycles. The molecule has 0 aliphatic heterocycles. The highest BCUT2D eigenvalue weighted by atomic mass is 16.3. The Kier molecular flexibility index (Phi) is 3.01. The summed E-state index contributed by atoms with van der Waals surface area (Å²) in [6.07, 6.45) is 3.83. The van der Waals surface area contributed by atoms with E-state index in [9.17, 15) is 14.7 Å². The van der Waals surface area contributed by atoms with Crippen LogP contribution in [0.25, 0.3) is 0 Å². The van der Waals surface area contributed by atoms with Gasteiger partial charge in [0.05, 0.1) is 5.57 Å². The molecule has 1 N–H and O–H groups in total. The minimum atomic E-state index is -0.131. The fourth-order valence-electron chi connectivity index (χ4n) is 1.31. The van der Waals surface area contributed by atoms with E-state index < -0.39 is 0 Å². The summed E-state index contributed by atoms with van der Waals surface area (Å²) < 4.78 is 0. The van der Waals surface area contributed by atoms with Crippen LogP contribution in [0.1, 0.15) is 26.2 Å². The van der Waals surface area contributed by atoms with Crippen molar-refractivity contribution in [2.75, 3.05) is 0 Å². The van der Waals surface area contributed by atoms with Gasteiger partial charge in [-0.1, -0.05) is 13.0 Å². The Morgan fingerprint density at radius 2 is 2.38 bits per heavy atom. The molecule has 3 heteroatoms. The van der Waals surface area contributed by atoms with Crippen LogP contribution in [0.2, 0.25) is 0 Å². The Morgan fingerprint density at radius 3 is 2.92 bits per heavy atom. The van der Waals surface area contributed by atoms with Gasteiger partial charge in [0.25, 0.3) is 0 Å². The van der Waals surface area contributed by atoms with E-state index >= 15 is 0 Å². The molecule has 13 heavy (non-hydrogen) atoms. The SMILES string of the molecule is CCC(=O)C1=CCCC(C=O)=C1O. The number of rotatable bonds is 3. The standard InChI is InChI=1S/C10H12O3/c1-2-9(12)8-5-3-4-7(6-11)10(8)13/h5-6,13H,2-4H2,1H3. The number of aldehydes is 1. The molecule has 0 radical (unpaired) electrons. The first-order chi connectivity index (χ1) is 6.20. The second kappa shape index (κ2) is 4.03. The summed E-state index contributed by atoms with van der Waals surface area (Å²) in [5.74, 6) is -0.246. The van der Waals surface area contributed by atoms with Crippen molar-refractivity contribution in [2.45, 2.75) is 26.2 Å². The molecule has 0 unspecified atom stereocenters. The molecule has 0 spiro atoms. The molecule has 0 aromatic rings. The van der Waals surface area contributed by atoms with E-state index in [4.69, 9.17) is 0 Å². The third-order valence-electron chi connectivity index (χ3n) is 2.09. The molecule has 0 atom stereocenters. The fraction of sp³-hybridized carbons (Fsp3) is 0.400. The van der Waals surface area contributed by atoms with Crippen molar-refractivity contribution >= 4 is 12.1 Å². The van der Waals surface area contributed by atoms with E-state index in [1.165, 1.54) is 0 Å². The van der Waals surface area contributed by atoms with Crippen LogP contribution < -0.4 is 0 Å². The van der Waals surface area contributed by atoms with Crippen molar-refractivity contribution in [3.8, 4) is 0 Å². The zero-order chi connectivity index (χ0) is 9.84. The quantitative estimate of drug-likeness (QED) is 0.672. The van der Waals surface area contributed by atoms with Crippen molar-refractivity contribution < 1.29 is 14.7 Å². The summed E-state index contributed by atoms with van der Waals surface area (Å²) >= 11 is 0. The minimum Gasteiger partial charge on any atom is -0.507 e. The van der Waals surface area contributed by atoms with E-state index in [0.29, 0.717) is 36.7 Å². The highest BCUT2D eigenvalue weighted by Gasteiger charge is 2.19. The van der Waals surface area contributed by atoms with Crippen LogP contribution in [0.4, 0.5) is 0 Å². The molecule has 0 saturated heterocycles. The smallest absolute Gasteiger partial charge is 0.166 e. The van der Waals surface area contributed by atoms with Gasteiger partial charge in [-0.15, -0.1) is 0 Å². The lowest BCUT2D eigenvalue weighted by atomic mass is 9.95. The van der Waals surface area contributed by atoms with Crippen molar-refractivity contribution in [1.29, 1.82) is 0 Å². The average Bonchev–Trinajstić information content (AvgIpc) is 2.17. The molecule has 0 aromatic heterocycles. The van der Waals surface area contributed by atoms with Gasteiger partial charge in [-0.3, -0.25) is 9.59 Å². The van der Waals surface area contributed by atoms with Crippen LogP contribution >= 0.6 is 0 Å². The molecule has 0 fully saturated rings. The third kappa shape index (κ3) is 1.86. The van der Waals surface area contributed by atoms with Crippen molar-refractivity contribution in [1.82, 2.24) is 0 Å². The Balaban J connectivity index is 2.99. The molecule has 3 nitrogen and oxygen atoms in total. The Hall–Kier alpha value is -1.38. The maximum atomic E-state index is 11.3. The largest absolute Gasteiger partial charge is 0.507 e. The van der Waals surface area contributed by atoms with Gasteiger partial charge in [-0.2, -0.15) is 0 Å². The molecule has 1 aliphatic carbocycles. The number of aliphatic hydroxyl groups excluding tert-OH is 1. The average molecular weight is 180 g/mol. The number of carbonyl (C=O) groups excluding carboxylic acids is 2. The third-order valence-corrected chi connectivity index (χ3v) is 2.09. The minimum absolute atomic E-state index is 0.114. The van der Waals surface area contributed by atoms with Gasteiger partial charge < -0.3 is 5.11 Å². The lowest BCUT2D eigenvalue weighted by molar-refractivity contribution is -0.115. The number of Topliss-reactive ketones (excluding diaryl/α,β-unsaturated/α-hetero) is 1. The fourth-order valence-corrected chi connectivity index (χ4v) is 1.31. The van der Waals surface area contributed by atoms with E-state index in [1.54, 1.807) is 13.0 Å². The first-order valence-electron chi connectivity index (χ1n) is 4.31. The number of hydrogen-bond acceptors (Lipinski definition) is 3. The highest BCUT2D eigenvalue weighted by Crippen LogP contribution is 2.23. The van der Waals surface area contributed by atoms with Crippen LogP contribution in [0, 0.1) is 0 Å². The summed E-state index contributed by atoms with van der Waals surface area (Å²) in [5.41, 5.74) is 0.634. The van der Waals surface area contributed by atoms with E-state index in [2.05, 4.69) is 0 Å². The molecular formula is C10H12O3. The molecule has 70 valence electrons. The molecule has 1 rings (SSSR count). The monoisotopic (exact) mass is 180 g/mol. The van der Waals surface area contributed by atoms with Gasteiger partial charge >= 0.3 is 0 Å². The number of allylic oxidation sites excluding steroid dienone is 3. The number of hydrogen-bond donors (Lipinski definition) is 1. The first kappa shape index (κ1) is 9.71. The van der Waals surface area contributed by atoms with Gasteiger partial charge in [0.1, 0.15) is 12.0 Å². The predicted molar refractivity (Wildman–Crippen MR) is 48.3 cm³/mol. The summed E-state index contributed by atoms with van der Waals surface area (Å²) in [4.78, 5) is 21.7. The van der Waals surface area contributed by atoms with Crippen LogP contribution in [-0.4, -0.2) is 17.2 Å². The summed E-state index contributed by atoms with van der Waals surface area (Å²) in [5, 5.41) is 9.49. The van der Waals surface area contributed by atoms with E-state index in [-0.39, 0.29) is 11.5 Å². The molecule has 0 bridgehead atoms. The maximum Gasteiger partial charge on any atom is 0.166 e. The van der Waals surface area contributed by atoms with Crippen LogP contribution in [0.5, 0.6) is 0 Å². The first-order valence-corrected chi connectivity index (χ1v) is 4.31. The van der Waals surface area contributed by atoms with Crippen LogP contribution in [0.15, 0.2) is 23.0 Å². The zero-order valence-corrected chi connectivity index (χ0v) is 7.54. The van der Waals surface area contributed by atoms with Gasteiger partial charge in [-0.05, 0) is 12.8 Å². The molecule has 0 saturated carbocycles. The lowest BCUT2D eigenvalue weighted by Gasteiger charge is -2.12. The Morgan fingerprint density at radius 1 is 1.69 bits per heavy atom.